The van der Waals surface area contributed by atoms with Gasteiger partial charge in [-0.2, -0.15) is 13.2 Å². The van der Waals surface area contributed by atoms with Crippen molar-refractivity contribution in [3.63, 3.8) is 0 Å². The van der Waals surface area contributed by atoms with E-state index in [0.717, 1.165) is 7.11 Å². The number of carbonyl (C=O) groups is 1. The van der Waals surface area contributed by atoms with Crippen molar-refractivity contribution >= 4 is 5.97 Å². The maximum absolute atomic E-state index is 12.0. The monoisotopic (exact) mass is 263 g/mol. The van der Waals surface area contributed by atoms with E-state index in [2.05, 4.69) is 9.47 Å². The fraction of sp³-hybridized carbons (Fsp3) is 0.364. The van der Waals surface area contributed by atoms with Gasteiger partial charge < -0.3 is 15.2 Å². The molecule has 0 spiro atoms. The molecule has 0 radical (unpaired) electrons. The largest absolute Gasteiger partial charge is 0.483 e. The summed E-state index contributed by atoms with van der Waals surface area (Å²) in [5.74, 6) is -0.959. The van der Waals surface area contributed by atoms with Crippen LogP contribution in [0.2, 0.25) is 0 Å². The van der Waals surface area contributed by atoms with Gasteiger partial charge in [0.15, 0.2) is 6.61 Å². The van der Waals surface area contributed by atoms with Crippen molar-refractivity contribution in [2.24, 2.45) is 5.73 Å². The fourth-order valence-electron chi connectivity index (χ4n) is 1.26. The Morgan fingerprint density at radius 2 is 2.06 bits per heavy atom. The van der Waals surface area contributed by atoms with E-state index in [9.17, 15) is 18.0 Å². The molecule has 0 saturated carbocycles. The van der Waals surface area contributed by atoms with E-state index in [1.807, 2.05) is 0 Å². The lowest BCUT2D eigenvalue weighted by molar-refractivity contribution is -0.153. The molecular formula is C11H12F3NO3. The molecule has 18 heavy (non-hydrogen) atoms. The van der Waals surface area contributed by atoms with Crippen molar-refractivity contribution in [3.05, 3.63) is 29.3 Å². The zero-order chi connectivity index (χ0) is 13.8. The number of carbonyl (C=O) groups excluding carboxylic acids is 1. The number of ether oxygens (including phenoxy) is 2. The Labute approximate surface area is 101 Å². The summed E-state index contributed by atoms with van der Waals surface area (Å²) in [5, 5.41) is 0. The smallest absolute Gasteiger partial charge is 0.422 e. The molecule has 0 aromatic heterocycles. The summed E-state index contributed by atoms with van der Waals surface area (Å²) >= 11 is 0. The Bertz CT molecular complexity index is 432. The predicted octanol–water partition coefficient (Wildman–Crippen LogP) is 1.87. The van der Waals surface area contributed by atoms with Crippen LogP contribution in [0.1, 0.15) is 15.9 Å². The minimum absolute atomic E-state index is 0.0790. The first kappa shape index (κ1) is 14.3. The molecule has 0 aliphatic carbocycles. The lowest BCUT2D eigenvalue weighted by Crippen LogP contribution is -2.20. The van der Waals surface area contributed by atoms with Gasteiger partial charge in [0.2, 0.25) is 0 Å². The van der Waals surface area contributed by atoms with Gasteiger partial charge in [-0.05, 0) is 17.7 Å². The van der Waals surface area contributed by atoms with Crippen molar-refractivity contribution < 1.29 is 27.4 Å². The Morgan fingerprint density at radius 3 is 2.56 bits per heavy atom. The van der Waals surface area contributed by atoms with E-state index in [1.54, 1.807) is 0 Å². The Kier molecular flexibility index (Phi) is 4.55. The minimum Gasteiger partial charge on any atom is -0.483 e. The molecule has 0 bridgehead atoms. The van der Waals surface area contributed by atoms with Gasteiger partial charge in [-0.15, -0.1) is 0 Å². The number of esters is 1. The van der Waals surface area contributed by atoms with Crippen LogP contribution in [-0.4, -0.2) is 25.9 Å². The summed E-state index contributed by atoms with van der Waals surface area (Å²) in [6, 6.07) is 4.09. The summed E-state index contributed by atoms with van der Waals surface area (Å²) in [7, 11) is 1.13. The molecule has 4 nitrogen and oxygen atoms in total. The number of nitrogens with two attached hydrogens (primary N) is 1. The van der Waals surface area contributed by atoms with Crippen molar-refractivity contribution in [3.8, 4) is 5.75 Å². The topological polar surface area (TPSA) is 61.5 Å². The van der Waals surface area contributed by atoms with Crippen molar-refractivity contribution in [1.29, 1.82) is 0 Å². The van der Waals surface area contributed by atoms with Crippen LogP contribution in [0.15, 0.2) is 18.2 Å². The average Bonchev–Trinajstić information content (AvgIpc) is 2.34. The number of rotatable bonds is 4. The van der Waals surface area contributed by atoms with Crippen LogP contribution in [-0.2, 0) is 11.3 Å². The predicted molar refractivity (Wildman–Crippen MR) is 57.2 cm³/mol. The molecule has 0 fully saturated rings. The zero-order valence-corrected chi connectivity index (χ0v) is 9.58. The molecule has 7 heteroatoms. The van der Waals surface area contributed by atoms with Gasteiger partial charge in [0, 0.05) is 6.54 Å². The summed E-state index contributed by atoms with van der Waals surface area (Å²) < 4.78 is 45.1. The van der Waals surface area contributed by atoms with Crippen LogP contribution in [0.25, 0.3) is 0 Å². The average molecular weight is 263 g/mol. The lowest BCUT2D eigenvalue weighted by atomic mass is 10.1. The van der Waals surface area contributed by atoms with Gasteiger partial charge in [0.05, 0.1) is 7.11 Å². The molecule has 0 aliphatic heterocycles. The third-order valence-corrected chi connectivity index (χ3v) is 2.08. The maximum Gasteiger partial charge on any atom is 0.422 e. The van der Waals surface area contributed by atoms with Crippen molar-refractivity contribution in [2.45, 2.75) is 12.7 Å². The summed E-state index contributed by atoms with van der Waals surface area (Å²) in [5.41, 5.74) is 5.89. The highest BCUT2D eigenvalue weighted by atomic mass is 19.4. The first-order chi connectivity index (χ1) is 8.37. The Balaban J connectivity index is 2.99. The van der Waals surface area contributed by atoms with Gasteiger partial charge in [-0.3, -0.25) is 0 Å². The fourth-order valence-corrected chi connectivity index (χ4v) is 1.26. The number of halogens is 3. The molecule has 0 aliphatic rings. The molecule has 1 rings (SSSR count). The van der Waals surface area contributed by atoms with E-state index in [4.69, 9.17) is 5.73 Å². The summed E-state index contributed by atoms with van der Waals surface area (Å²) in [6.07, 6.45) is -4.47. The molecular weight excluding hydrogens is 251 g/mol. The van der Waals surface area contributed by atoms with E-state index in [1.165, 1.54) is 18.2 Å². The molecule has 0 heterocycles. The van der Waals surface area contributed by atoms with Gasteiger partial charge in [-0.25, -0.2) is 4.79 Å². The first-order valence-corrected chi connectivity index (χ1v) is 4.98. The van der Waals surface area contributed by atoms with Crippen LogP contribution in [0.5, 0.6) is 5.75 Å². The molecule has 2 N–H and O–H groups in total. The molecule has 0 saturated heterocycles. The van der Waals surface area contributed by atoms with Crippen molar-refractivity contribution in [2.75, 3.05) is 13.7 Å². The standard InChI is InChI=1S/C11H12F3NO3/c1-17-10(16)8-4-7(5-15)2-3-9(8)18-6-11(12,13)14/h2-4H,5-6,15H2,1H3. The number of alkyl halides is 3. The van der Waals surface area contributed by atoms with Crippen LogP contribution < -0.4 is 10.5 Å². The molecule has 1 aromatic carbocycles. The lowest BCUT2D eigenvalue weighted by Gasteiger charge is -2.13. The highest BCUT2D eigenvalue weighted by molar-refractivity contribution is 5.92. The second-order valence-corrected chi connectivity index (χ2v) is 3.43. The van der Waals surface area contributed by atoms with Crippen LogP contribution in [0.4, 0.5) is 13.2 Å². The zero-order valence-electron chi connectivity index (χ0n) is 9.58. The molecule has 0 atom stereocenters. The maximum atomic E-state index is 12.0. The van der Waals surface area contributed by atoms with Gasteiger partial charge >= 0.3 is 12.1 Å². The Hall–Kier alpha value is -1.76. The molecule has 1 aromatic rings. The van der Waals surface area contributed by atoms with Gasteiger partial charge in [0.25, 0.3) is 0 Å². The van der Waals surface area contributed by atoms with Crippen molar-refractivity contribution in [1.82, 2.24) is 0 Å². The van der Waals surface area contributed by atoms with E-state index >= 15 is 0 Å². The number of hydrogen-bond donors (Lipinski definition) is 1. The molecule has 0 amide bonds. The van der Waals surface area contributed by atoms with Crippen LogP contribution in [0.3, 0.4) is 0 Å². The second-order valence-electron chi connectivity index (χ2n) is 3.43. The minimum atomic E-state index is -4.47. The number of hydrogen-bond acceptors (Lipinski definition) is 4. The molecule has 100 valence electrons. The van der Waals surface area contributed by atoms with E-state index in [-0.39, 0.29) is 17.9 Å². The first-order valence-electron chi connectivity index (χ1n) is 4.98. The van der Waals surface area contributed by atoms with Gasteiger partial charge in [-0.1, -0.05) is 6.07 Å². The Morgan fingerprint density at radius 1 is 1.39 bits per heavy atom. The van der Waals surface area contributed by atoms with Crippen LogP contribution in [0, 0.1) is 0 Å². The number of benzene rings is 1. The van der Waals surface area contributed by atoms with E-state index < -0.39 is 18.8 Å². The highest BCUT2D eigenvalue weighted by Crippen LogP contribution is 2.24. The summed E-state index contributed by atoms with van der Waals surface area (Å²) in [6.45, 7) is -1.32. The second kappa shape index (κ2) is 5.72. The van der Waals surface area contributed by atoms with Crippen LogP contribution >= 0.6 is 0 Å². The SMILES string of the molecule is COC(=O)c1cc(CN)ccc1OCC(F)(F)F. The third-order valence-electron chi connectivity index (χ3n) is 2.08. The number of methoxy groups -OCH3 is 1. The highest BCUT2D eigenvalue weighted by Gasteiger charge is 2.29. The van der Waals surface area contributed by atoms with Gasteiger partial charge in [0.1, 0.15) is 11.3 Å². The molecule has 0 unspecified atom stereocenters. The summed E-state index contributed by atoms with van der Waals surface area (Å²) in [4.78, 5) is 11.4. The third kappa shape index (κ3) is 3.92. The quantitative estimate of drug-likeness (QED) is 0.842. The van der Waals surface area contributed by atoms with E-state index in [0.29, 0.717) is 5.56 Å². The normalized spacial score (nSPS) is 11.2.